The van der Waals surface area contributed by atoms with E-state index in [1.165, 1.54) is 31.4 Å². The molecule has 3 rings (SSSR count). The van der Waals surface area contributed by atoms with E-state index in [9.17, 15) is 0 Å². The van der Waals surface area contributed by atoms with E-state index in [4.69, 9.17) is 4.74 Å². The van der Waals surface area contributed by atoms with Crippen LogP contribution in [0.2, 0.25) is 0 Å². The Morgan fingerprint density at radius 1 is 1.19 bits per heavy atom. The molecule has 0 radical (unpaired) electrons. The fraction of sp³-hybridized carbons (Fsp3) is 0.682. The van der Waals surface area contributed by atoms with Gasteiger partial charge in [0.05, 0.1) is 6.61 Å². The van der Waals surface area contributed by atoms with Crippen molar-refractivity contribution in [2.45, 2.75) is 39.7 Å². The summed E-state index contributed by atoms with van der Waals surface area (Å²) in [6.45, 7) is 11.8. The third kappa shape index (κ3) is 5.86. The van der Waals surface area contributed by atoms with Crippen LogP contribution in [-0.2, 0) is 6.54 Å². The number of ether oxygens (including phenoxy) is 1. The van der Waals surface area contributed by atoms with Gasteiger partial charge in [-0.3, -0.25) is 4.99 Å². The number of nitrogens with zero attached hydrogens (tertiary/aromatic N) is 3. The van der Waals surface area contributed by atoms with Gasteiger partial charge in [0.25, 0.3) is 0 Å². The minimum atomic E-state index is 0.734. The molecule has 1 unspecified atom stereocenters. The van der Waals surface area contributed by atoms with Crippen LogP contribution in [-0.4, -0.2) is 62.1 Å². The zero-order valence-electron chi connectivity index (χ0n) is 17.3. The molecule has 1 saturated carbocycles. The molecule has 0 spiro atoms. The maximum Gasteiger partial charge on any atom is 0.193 e. The van der Waals surface area contributed by atoms with E-state index in [1.807, 2.05) is 7.05 Å². The first kappa shape index (κ1) is 20.0. The molecule has 27 heavy (non-hydrogen) atoms. The van der Waals surface area contributed by atoms with E-state index in [2.05, 4.69) is 58.2 Å². The Bertz CT molecular complexity index is 610. The number of nitrogens with one attached hydrogen (secondary N) is 1. The van der Waals surface area contributed by atoms with Gasteiger partial charge in [-0.1, -0.05) is 32.0 Å². The molecule has 5 heteroatoms. The molecule has 1 N–H and O–H groups in total. The molecule has 1 aliphatic heterocycles. The zero-order valence-corrected chi connectivity index (χ0v) is 17.3. The topological polar surface area (TPSA) is 40.1 Å². The third-order valence-electron chi connectivity index (χ3n) is 5.79. The quantitative estimate of drug-likeness (QED) is 0.534. The minimum Gasteiger partial charge on any atom is -0.493 e. The molecule has 1 atom stereocenters. The first-order valence-corrected chi connectivity index (χ1v) is 10.6. The van der Waals surface area contributed by atoms with Crippen molar-refractivity contribution >= 4 is 5.96 Å². The predicted octanol–water partition coefficient (Wildman–Crippen LogP) is 3.21. The van der Waals surface area contributed by atoms with E-state index >= 15 is 0 Å². The van der Waals surface area contributed by atoms with Gasteiger partial charge in [-0.2, -0.15) is 0 Å². The number of likely N-dealkylation sites (tertiary alicyclic amines) is 1. The van der Waals surface area contributed by atoms with Crippen LogP contribution in [0.3, 0.4) is 0 Å². The Balaban J connectivity index is 1.51. The smallest absolute Gasteiger partial charge is 0.193 e. The fourth-order valence-corrected chi connectivity index (χ4v) is 3.81. The molecular weight excluding hydrogens is 336 g/mol. The van der Waals surface area contributed by atoms with Crippen LogP contribution in [0.1, 0.15) is 38.7 Å². The lowest BCUT2D eigenvalue weighted by Gasteiger charge is -2.24. The lowest BCUT2D eigenvalue weighted by Crippen LogP contribution is -2.40. The first-order valence-electron chi connectivity index (χ1n) is 10.6. The number of hydrogen-bond acceptors (Lipinski definition) is 3. The molecule has 150 valence electrons. The number of aliphatic imine (C=N–C) groups is 1. The number of guanidine groups is 1. The van der Waals surface area contributed by atoms with E-state index < -0.39 is 0 Å². The van der Waals surface area contributed by atoms with Crippen LogP contribution < -0.4 is 10.1 Å². The van der Waals surface area contributed by atoms with Gasteiger partial charge in [-0.25, -0.2) is 0 Å². The van der Waals surface area contributed by atoms with Crippen LogP contribution >= 0.6 is 0 Å². The van der Waals surface area contributed by atoms with Crippen molar-refractivity contribution in [3.8, 4) is 5.75 Å². The normalized spacial score (nSPS) is 20.4. The molecule has 1 aromatic carbocycles. The molecule has 2 aliphatic rings. The van der Waals surface area contributed by atoms with Crippen LogP contribution in [0.15, 0.2) is 29.3 Å². The Kier molecular flexibility index (Phi) is 7.39. The summed E-state index contributed by atoms with van der Waals surface area (Å²) in [6.07, 6.45) is 3.88. The van der Waals surface area contributed by atoms with Crippen LogP contribution in [0.4, 0.5) is 0 Å². The zero-order chi connectivity index (χ0) is 19.1. The third-order valence-corrected chi connectivity index (χ3v) is 5.79. The van der Waals surface area contributed by atoms with Crippen molar-refractivity contribution in [2.24, 2.45) is 16.8 Å². The van der Waals surface area contributed by atoms with Crippen LogP contribution in [0.5, 0.6) is 5.75 Å². The maximum absolute atomic E-state index is 6.04. The molecular formula is C22H36N4O. The number of hydrogen-bond donors (Lipinski definition) is 1. The highest BCUT2D eigenvalue weighted by molar-refractivity contribution is 5.80. The van der Waals surface area contributed by atoms with Crippen molar-refractivity contribution in [1.29, 1.82) is 0 Å². The molecule has 1 aliphatic carbocycles. The highest BCUT2D eigenvalue weighted by atomic mass is 16.5. The largest absolute Gasteiger partial charge is 0.493 e. The molecule has 5 nitrogen and oxygen atoms in total. The minimum absolute atomic E-state index is 0.734. The molecule has 2 fully saturated rings. The summed E-state index contributed by atoms with van der Waals surface area (Å²) < 4.78 is 6.04. The molecule has 0 bridgehead atoms. The summed E-state index contributed by atoms with van der Waals surface area (Å²) in [5.41, 5.74) is 1.21. The standard InChI is InChI=1S/C22H36N4O/c1-4-25(5-2)15-19-12-13-26(16-19)22(23-3)24-14-20-8-6-7-9-21(20)27-17-18-10-11-18/h6-9,18-19H,4-5,10-17H2,1-3H3,(H,23,24). The summed E-state index contributed by atoms with van der Waals surface area (Å²) in [6, 6.07) is 8.37. The average Bonchev–Trinajstić information content (AvgIpc) is 3.42. The lowest BCUT2D eigenvalue weighted by atomic mass is 10.1. The molecule has 1 aromatic rings. The molecule has 0 aromatic heterocycles. The Hall–Kier alpha value is -1.75. The van der Waals surface area contributed by atoms with E-state index in [1.54, 1.807) is 0 Å². The highest BCUT2D eigenvalue weighted by Gasteiger charge is 2.26. The van der Waals surface area contributed by atoms with E-state index in [0.29, 0.717) is 0 Å². The van der Waals surface area contributed by atoms with E-state index in [-0.39, 0.29) is 0 Å². The van der Waals surface area contributed by atoms with Crippen molar-refractivity contribution in [3.05, 3.63) is 29.8 Å². The average molecular weight is 373 g/mol. The SMILES string of the molecule is CCN(CC)CC1CCN(C(=NC)NCc2ccccc2OCC2CC2)C1. The fourth-order valence-electron chi connectivity index (χ4n) is 3.81. The summed E-state index contributed by atoms with van der Waals surface area (Å²) in [5, 5.41) is 3.56. The molecule has 0 amide bonds. The first-order chi connectivity index (χ1) is 13.2. The second kappa shape index (κ2) is 9.98. The van der Waals surface area contributed by atoms with Gasteiger partial charge in [0.2, 0.25) is 0 Å². The van der Waals surface area contributed by atoms with Crippen molar-refractivity contribution in [3.63, 3.8) is 0 Å². The summed E-state index contributed by atoms with van der Waals surface area (Å²) in [5.74, 6) is 3.52. The number of rotatable bonds is 9. The number of para-hydroxylation sites is 1. The van der Waals surface area contributed by atoms with Crippen LogP contribution in [0, 0.1) is 11.8 Å². The second-order valence-electron chi connectivity index (χ2n) is 7.85. The van der Waals surface area contributed by atoms with Gasteiger partial charge in [-0.15, -0.1) is 0 Å². The molecule has 1 saturated heterocycles. The summed E-state index contributed by atoms with van der Waals surface area (Å²) in [4.78, 5) is 9.46. The van der Waals surface area contributed by atoms with Gasteiger partial charge in [0, 0.05) is 38.8 Å². The molecule has 1 heterocycles. The summed E-state index contributed by atoms with van der Waals surface area (Å²) in [7, 11) is 1.88. The number of benzene rings is 1. The van der Waals surface area contributed by atoms with Crippen molar-refractivity contribution in [2.75, 3.05) is 46.4 Å². The highest BCUT2D eigenvalue weighted by Crippen LogP contribution is 2.30. The summed E-state index contributed by atoms with van der Waals surface area (Å²) >= 11 is 0. The Morgan fingerprint density at radius 2 is 1.96 bits per heavy atom. The van der Waals surface area contributed by atoms with E-state index in [0.717, 1.165) is 62.9 Å². The Morgan fingerprint density at radius 3 is 2.67 bits per heavy atom. The van der Waals surface area contributed by atoms with Gasteiger partial charge in [0.1, 0.15) is 5.75 Å². The monoisotopic (exact) mass is 372 g/mol. The maximum atomic E-state index is 6.04. The van der Waals surface area contributed by atoms with Gasteiger partial charge < -0.3 is 19.9 Å². The second-order valence-corrected chi connectivity index (χ2v) is 7.85. The lowest BCUT2D eigenvalue weighted by molar-refractivity contribution is 0.255. The Labute approximate surface area is 164 Å². The van der Waals surface area contributed by atoms with Crippen molar-refractivity contribution in [1.82, 2.24) is 15.1 Å². The van der Waals surface area contributed by atoms with Crippen molar-refractivity contribution < 1.29 is 4.74 Å². The van der Waals surface area contributed by atoms with Gasteiger partial charge >= 0.3 is 0 Å². The van der Waals surface area contributed by atoms with Gasteiger partial charge in [0.15, 0.2) is 5.96 Å². The van der Waals surface area contributed by atoms with Gasteiger partial charge in [-0.05, 0) is 50.3 Å². The van der Waals surface area contributed by atoms with Crippen LogP contribution in [0.25, 0.3) is 0 Å². The predicted molar refractivity (Wildman–Crippen MR) is 112 cm³/mol.